The van der Waals surface area contributed by atoms with Crippen LogP contribution in [-0.4, -0.2) is 13.4 Å². The molecular weight excluding hydrogens is 220 g/mol. The molecule has 0 radical (unpaired) electrons. The Labute approximate surface area is 85.8 Å². The van der Waals surface area contributed by atoms with Gasteiger partial charge in [-0.1, -0.05) is 0 Å². The number of hydrogen-bond donors (Lipinski definition) is 1. The summed E-state index contributed by atoms with van der Waals surface area (Å²) in [6, 6.07) is 1.44. The Kier molecular flexibility index (Phi) is 2.13. The number of primary sulfonamides is 1. The summed E-state index contributed by atoms with van der Waals surface area (Å²) in [5.41, 5.74) is 0.872. The lowest BCUT2D eigenvalue weighted by Crippen LogP contribution is -2.12. The molecule has 6 nitrogen and oxygen atoms in total. The molecule has 2 aromatic heterocycles. The Bertz CT molecular complexity index is 581. The van der Waals surface area contributed by atoms with Gasteiger partial charge in [0.15, 0.2) is 0 Å². The van der Waals surface area contributed by atoms with Gasteiger partial charge in [0, 0.05) is 0 Å². The highest BCUT2D eigenvalue weighted by molar-refractivity contribution is 7.89. The van der Waals surface area contributed by atoms with Gasteiger partial charge in [-0.3, -0.25) is 0 Å². The molecule has 0 bridgehead atoms. The molecule has 0 saturated heterocycles. The summed E-state index contributed by atoms with van der Waals surface area (Å²) < 4.78 is 32.1. The molecule has 0 aliphatic carbocycles. The maximum Gasteiger partial charge on any atom is 0.272 e. The Morgan fingerprint density at radius 1 is 1.40 bits per heavy atom. The van der Waals surface area contributed by atoms with Crippen LogP contribution < -0.4 is 5.14 Å². The van der Waals surface area contributed by atoms with Crippen molar-refractivity contribution < 1.29 is 17.3 Å². The summed E-state index contributed by atoms with van der Waals surface area (Å²) in [6.07, 6.45) is 2.63. The number of hydrogen-bond acceptors (Lipinski definition) is 5. The first-order valence-corrected chi connectivity index (χ1v) is 5.56. The van der Waals surface area contributed by atoms with E-state index in [1.54, 1.807) is 6.92 Å². The van der Waals surface area contributed by atoms with Crippen molar-refractivity contribution >= 4 is 10.0 Å². The molecule has 0 aliphatic rings. The highest BCUT2D eigenvalue weighted by atomic mass is 32.2. The lowest BCUT2D eigenvalue weighted by molar-refractivity contribution is 0.449. The predicted octanol–water partition coefficient (Wildman–Crippen LogP) is 0.890. The van der Waals surface area contributed by atoms with E-state index in [1.807, 2.05) is 0 Å². The first kappa shape index (κ1) is 9.94. The number of oxazole rings is 1. The summed E-state index contributed by atoms with van der Waals surface area (Å²) in [7, 11) is -3.90. The quantitative estimate of drug-likeness (QED) is 0.822. The number of sulfonamides is 1. The van der Waals surface area contributed by atoms with Crippen molar-refractivity contribution in [2.45, 2.75) is 12.0 Å². The molecule has 7 heteroatoms. The van der Waals surface area contributed by atoms with Crippen molar-refractivity contribution in [2.24, 2.45) is 5.14 Å². The topological polar surface area (TPSA) is 99.3 Å². The van der Waals surface area contributed by atoms with Gasteiger partial charge in [0.2, 0.25) is 11.0 Å². The Balaban J connectivity index is 2.60. The van der Waals surface area contributed by atoms with E-state index in [9.17, 15) is 8.42 Å². The molecule has 0 fully saturated rings. The van der Waals surface area contributed by atoms with Crippen molar-refractivity contribution in [3.05, 3.63) is 24.3 Å². The van der Waals surface area contributed by atoms with Gasteiger partial charge in [0.25, 0.3) is 10.0 Å². The molecule has 0 atom stereocenters. The summed E-state index contributed by atoms with van der Waals surface area (Å²) in [6.45, 7) is 1.73. The van der Waals surface area contributed by atoms with Gasteiger partial charge in [-0.05, 0) is 13.0 Å². The summed E-state index contributed by atoms with van der Waals surface area (Å²) >= 11 is 0. The molecule has 0 saturated carbocycles. The Hall–Kier alpha value is -1.60. The van der Waals surface area contributed by atoms with Gasteiger partial charge in [0.1, 0.15) is 6.26 Å². The molecule has 2 aromatic rings. The smallest absolute Gasteiger partial charge is 0.272 e. The fraction of sp³-hybridized carbons (Fsp3) is 0.125. The molecule has 0 spiro atoms. The molecule has 0 aromatic carbocycles. The average molecular weight is 228 g/mol. The number of aryl methyl sites for hydroxylation is 1. The van der Waals surface area contributed by atoms with Crippen LogP contribution in [0.4, 0.5) is 0 Å². The number of rotatable bonds is 2. The van der Waals surface area contributed by atoms with Crippen LogP contribution in [0.2, 0.25) is 0 Å². The van der Waals surface area contributed by atoms with Crippen molar-refractivity contribution in [3.8, 4) is 11.5 Å². The molecule has 2 N–H and O–H groups in total. The molecule has 15 heavy (non-hydrogen) atoms. The largest absolute Gasteiger partial charge is 0.451 e. The van der Waals surface area contributed by atoms with E-state index < -0.39 is 10.0 Å². The lowest BCUT2D eigenvalue weighted by atomic mass is 10.3. The second-order valence-electron chi connectivity index (χ2n) is 2.96. The van der Waals surface area contributed by atoms with Crippen LogP contribution in [-0.2, 0) is 10.0 Å². The monoisotopic (exact) mass is 228 g/mol. The molecule has 80 valence electrons. The summed E-state index contributed by atoms with van der Waals surface area (Å²) in [5.74, 6) is 0.172. The van der Waals surface area contributed by atoms with Crippen molar-refractivity contribution in [1.29, 1.82) is 0 Å². The van der Waals surface area contributed by atoms with Crippen molar-refractivity contribution in [2.75, 3.05) is 0 Å². The molecular formula is C8H8N2O4S. The fourth-order valence-corrected chi connectivity index (χ4v) is 1.80. The van der Waals surface area contributed by atoms with E-state index in [0.717, 1.165) is 0 Å². The third-order valence-corrected chi connectivity index (χ3v) is 2.57. The highest BCUT2D eigenvalue weighted by Gasteiger charge is 2.22. The van der Waals surface area contributed by atoms with Gasteiger partial charge >= 0.3 is 0 Å². The van der Waals surface area contributed by atoms with E-state index in [-0.39, 0.29) is 16.5 Å². The standard InChI is InChI=1S/C8H8N2O4S/c1-5-4-14-7(10-5)6-2-3-13-8(6)15(9,11)12/h2-4H,1H3,(H2,9,11,12). The van der Waals surface area contributed by atoms with Gasteiger partial charge in [-0.2, -0.15) is 0 Å². The normalized spacial score (nSPS) is 11.9. The molecule has 2 heterocycles. The van der Waals surface area contributed by atoms with E-state index in [0.29, 0.717) is 5.69 Å². The Morgan fingerprint density at radius 3 is 2.67 bits per heavy atom. The second kappa shape index (κ2) is 3.21. The SMILES string of the molecule is Cc1coc(-c2ccoc2S(N)(=O)=O)n1. The minimum atomic E-state index is -3.90. The number of furan rings is 1. The maximum absolute atomic E-state index is 11.1. The zero-order chi connectivity index (χ0) is 11.1. The number of aromatic nitrogens is 1. The first-order chi connectivity index (χ1) is 6.98. The van der Waals surface area contributed by atoms with Crippen LogP contribution >= 0.6 is 0 Å². The maximum atomic E-state index is 11.1. The molecule has 0 unspecified atom stereocenters. The van der Waals surface area contributed by atoms with Crippen molar-refractivity contribution in [1.82, 2.24) is 4.98 Å². The van der Waals surface area contributed by atoms with Gasteiger partial charge in [-0.25, -0.2) is 18.5 Å². The van der Waals surface area contributed by atoms with Crippen LogP contribution in [0.1, 0.15) is 5.69 Å². The van der Waals surface area contributed by atoms with Crippen molar-refractivity contribution in [3.63, 3.8) is 0 Å². The summed E-state index contributed by atoms with van der Waals surface area (Å²) in [4.78, 5) is 3.98. The van der Waals surface area contributed by atoms with Gasteiger partial charge in [-0.15, -0.1) is 0 Å². The van der Waals surface area contributed by atoms with Crippen LogP contribution in [0.25, 0.3) is 11.5 Å². The van der Waals surface area contributed by atoms with E-state index in [1.165, 1.54) is 18.6 Å². The molecule has 0 amide bonds. The second-order valence-corrected chi connectivity index (χ2v) is 4.42. The number of nitrogens with two attached hydrogens (primary N) is 1. The third-order valence-electron chi connectivity index (χ3n) is 1.74. The minimum absolute atomic E-state index is 0.172. The molecule has 2 rings (SSSR count). The van der Waals surface area contributed by atoms with E-state index in [4.69, 9.17) is 14.0 Å². The van der Waals surface area contributed by atoms with Crippen LogP contribution in [0.3, 0.4) is 0 Å². The summed E-state index contributed by atoms with van der Waals surface area (Å²) in [5, 5.41) is 4.61. The van der Waals surface area contributed by atoms with Crippen LogP contribution in [0.5, 0.6) is 0 Å². The Morgan fingerprint density at radius 2 is 2.13 bits per heavy atom. The first-order valence-electron chi connectivity index (χ1n) is 4.01. The van der Waals surface area contributed by atoms with Crippen LogP contribution in [0, 0.1) is 6.92 Å². The third kappa shape index (κ3) is 1.79. The highest BCUT2D eigenvalue weighted by Crippen LogP contribution is 2.26. The predicted molar refractivity (Wildman–Crippen MR) is 50.3 cm³/mol. The zero-order valence-electron chi connectivity index (χ0n) is 7.80. The average Bonchev–Trinajstić information content (AvgIpc) is 2.68. The minimum Gasteiger partial charge on any atom is -0.451 e. The number of nitrogens with zero attached hydrogens (tertiary/aromatic N) is 1. The van der Waals surface area contributed by atoms with E-state index >= 15 is 0 Å². The molecule has 0 aliphatic heterocycles. The zero-order valence-corrected chi connectivity index (χ0v) is 8.61. The van der Waals surface area contributed by atoms with Crippen LogP contribution in [0.15, 0.2) is 32.5 Å². The van der Waals surface area contributed by atoms with E-state index in [2.05, 4.69) is 4.98 Å². The fourth-order valence-electron chi connectivity index (χ4n) is 1.15. The van der Waals surface area contributed by atoms with Gasteiger partial charge < -0.3 is 8.83 Å². The van der Waals surface area contributed by atoms with Gasteiger partial charge in [0.05, 0.1) is 17.5 Å². The lowest BCUT2D eigenvalue weighted by Gasteiger charge is -1.94.